The Morgan fingerprint density at radius 1 is 1.17 bits per heavy atom. The molecule has 8 radical (unpaired) electrons. The molecule has 1 aromatic rings. The van der Waals surface area contributed by atoms with Gasteiger partial charge in [-0.3, -0.25) is 9.59 Å². The van der Waals surface area contributed by atoms with Gasteiger partial charge in [-0.2, -0.15) is 0 Å². The molecule has 0 saturated carbocycles. The van der Waals surface area contributed by atoms with Crippen LogP contribution in [0.5, 0.6) is 0 Å². The molecule has 30 heavy (non-hydrogen) atoms. The van der Waals surface area contributed by atoms with Gasteiger partial charge in [0.15, 0.2) is 0 Å². The maximum absolute atomic E-state index is 13.5. The molecule has 11 heteroatoms. The summed E-state index contributed by atoms with van der Waals surface area (Å²) in [6.07, 6.45) is 0.465. The van der Waals surface area contributed by atoms with Crippen LogP contribution in [0, 0.1) is 11.7 Å². The van der Waals surface area contributed by atoms with Crippen molar-refractivity contribution in [1.82, 2.24) is 15.5 Å². The van der Waals surface area contributed by atoms with Crippen LogP contribution in [0.25, 0.3) is 0 Å². The van der Waals surface area contributed by atoms with Crippen LogP contribution in [0.4, 0.5) is 4.39 Å². The number of carbonyl (C=O) groups is 2. The smallest absolute Gasteiger partial charge is 0.251 e. The molecule has 2 rings (SSSR count). The molecule has 5 nitrogen and oxygen atoms in total. The highest BCUT2D eigenvalue weighted by atomic mass is 35.5. The maximum atomic E-state index is 13.5. The predicted molar refractivity (Wildman–Crippen MR) is 120 cm³/mol. The molecule has 0 bridgehead atoms. The number of hydrogen-bond donors (Lipinski definition) is 2. The summed E-state index contributed by atoms with van der Waals surface area (Å²) in [7, 11) is 25.0. The molecule has 1 heterocycles. The molecule has 0 aliphatic carbocycles. The van der Waals surface area contributed by atoms with E-state index in [1.54, 1.807) is 0 Å². The van der Waals surface area contributed by atoms with E-state index >= 15 is 0 Å². The van der Waals surface area contributed by atoms with Gasteiger partial charge in [-0.15, -0.1) is 0 Å². The zero-order valence-corrected chi connectivity index (χ0v) is 18.2. The molecular weight excluding hydrogens is 400 g/mol. The first kappa shape index (κ1) is 24.9. The van der Waals surface area contributed by atoms with Crippen molar-refractivity contribution in [3.63, 3.8) is 0 Å². The third-order valence-electron chi connectivity index (χ3n) is 4.73. The van der Waals surface area contributed by atoms with Crippen LogP contribution in [0.3, 0.4) is 0 Å². The van der Waals surface area contributed by atoms with Crippen molar-refractivity contribution in [1.29, 1.82) is 0 Å². The number of carbonyl (C=O) groups excluding carboxylic acids is 2. The van der Waals surface area contributed by atoms with Gasteiger partial charge in [0.1, 0.15) is 5.82 Å². The quantitative estimate of drug-likeness (QED) is 0.690. The summed E-state index contributed by atoms with van der Waals surface area (Å²) < 4.78 is 13.5. The normalized spacial score (nSPS) is 19.2. The highest BCUT2D eigenvalue weighted by Gasteiger charge is 2.44. The van der Waals surface area contributed by atoms with Crippen LogP contribution >= 0.6 is 11.6 Å². The zero-order valence-electron chi connectivity index (χ0n) is 17.5. The van der Waals surface area contributed by atoms with E-state index in [2.05, 4.69) is 10.6 Å². The Kier molecular flexibility index (Phi) is 7.45. The highest BCUT2D eigenvalue weighted by Crippen LogP contribution is 2.35. The fraction of sp³-hybridized carbons (Fsp3) is 0.579. The Balaban J connectivity index is 2.03. The standard InChI is InChI=1S/C19H23B4ClFN3O2/c1-17(2,3)27-15(29)10-28-18(20,21)7-11(8-19(28,22)23)9-26-16(30)12-4-13(24)6-14(25)5-12/h4-6,11H,7-10H2,1-3H3,(H,26,30)(H,27,29). The van der Waals surface area contributed by atoms with E-state index in [1.807, 2.05) is 20.8 Å². The van der Waals surface area contributed by atoms with E-state index < -0.39 is 27.9 Å². The number of amides is 2. The predicted octanol–water partition coefficient (Wildman–Crippen LogP) is 0.817. The lowest BCUT2D eigenvalue weighted by molar-refractivity contribution is -0.125. The fourth-order valence-corrected chi connectivity index (χ4v) is 3.89. The lowest BCUT2D eigenvalue weighted by atomic mass is 9.45. The van der Waals surface area contributed by atoms with Gasteiger partial charge >= 0.3 is 0 Å². The largest absolute Gasteiger partial charge is 0.352 e. The average molecular weight is 423 g/mol. The molecule has 1 aliphatic heterocycles. The fourth-order valence-electron chi connectivity index (χ4n) is 3.67. The van der Waals surface area contributed by atoms with E-state index in [9.17, 15) is 14.0 Å². The van der Waals surface area contributed by atoms with Crippen molar-refractivity contribution in [2.75, 3.05) is 13.1 Å². The Labute approximate surface area is 187 Å². The lowest BCUT2D eigenvalue weighted by Crippen LogP contribution is -2.69. The average Bonchev–Trinajstić information content (AvgIpc) is 2.53. The SMILES string of the molecule is [B]C1([B])CC(CNC(=O)c2cc(F)cc(Cl)c2)CC([B])([B])N1CC(=O)NC(C)(C)C. The van der Waals surface area contributed by atoms with E-state index in [0.717, 1.165) is 12.1 Å². The van der Waals surface area contributed by atoms with E-state index in [0.29, 0.717) is 0 Å². The van der Waals surface area contributed by atoms with Crippen LogP contribution in [0.1, 0.15) is 44.0 Å². The molecule has 2 amide bonds. The number of benzene rings is 1. The number of piperidine rings is 1. The van der Waals surface area contributed by atoms with Gasteiger partial charge in [0.05, 0.1) is 37.9 Å². The molecule has 1 aromatic carbocycles. The van der Waals surface area contributed by atoms with Crippen molar-refractivity contribution in [3.05, 3.63) is 34.6 Å². The Bertz CT molecular complexity index is 779. The second kappa shape index (κ2) is 8.99. The summed E-state index contributed by atoms with van der Waals surface area (Å²) in [5.74, 6) is -1.68. The summed E-state index contributed by atoms with van der Waals surface area (Å²) >= 11 is 5.79. The molecule has 152 valence electrons. The van der Waals surface area contributed by atoms with Crippen molar-refractivity contribution >= 4 is 54.8 Å². The molecule has 2 N–H and O–H groups in total. The summed E-state index contributed by atoms with van der Waals surface area (Å²) in [5.41, 5.74) is -0.341. The summed E-state index contributed by atoms with van der Waals surface area (Å²) in [6, 6.07) is 3.56. The molecule has 1 saturated heterocycles. The second-order valence-corrected chi connectivity index (χ2v) is 9.45. The number of hydrogen-bond acceptors (Lipinski definition) is 3. The summed E-state index contributed by atoms with van der Waals surface area (Å²) in [5, 5.41) is 2.71. The van der Waals surface area contributed by atoms with Crippen LogP contribution in [-0.4, -0.2) is 77.4 Å². The minimum absolute atomic E-state index is 0.0924. The van der Waals surface area contributed by atoms with Crippen LogP contribution in [0.2, 0.25) is 5.02 Å². The van der Waals surface area contributed by atoms with Gasteiger partial charge < -0.3 is 15.5 Å². The minimum atomic E-state index is -1.46. The Morgan fingerprint density at radius 2 is 1.73 bits per heavy atom. The van der Waals surface area contributed by atoms with Gasteiger partial charge in [-0.25, -0.2) is 4.39 Å². The molecule has 0 aromatic heterocycles. The minimum Gasteiger partial charge on any atom is -0.352 e. The van der Waals surface area contributed by atoms with Crippen molar-refractivity contribution in [2.45, 2.75) is 49.8 Å². The molecular formula is C19H23B4ClFN3O2. The van der Waals surface area contributed by atoms with E-state index in [4.69, 9.17) is 43.0 Å². The van der Waals surface area contributed by atoms with Crippen LogP contribution in [-0.2, 0) is 4.79 Å². The van der Waals surface area contributed by atoms with Crippen LogP contribution in [0.15, 0.2) is 18.2 Å². The first-order valence-electron chi connectivity index (χ1n) is 9.58. The molecule has 1 aliphatic rings. The number of rotatable bonds is 5. The van der Waals surface area contributed by atoms with Gasteiger partial charge in [0.25, 0.3) is 5.91 Å². The number of likely N-dealkylation sites (tertiary alicyclic amines) is 1. The summed E-state index contributed by atoms with van der Waals surface area (Å²) in [4.78, 5) is 26.0. The first-order valence-corrected chi connectivity index (χ1v) is 9.95. The monoisotopic (exact) mass is 423 g/mol. The lowest BCUT2D eigenvalue weighted by Gasteiger charge is -2.57. The van der Waals surface area contributed by atoms with Gasteiger partial charge in [0.2, 0.25) is 5.91 Å². The molecule has 0 unspecified atom stereocenters. The molecule has 0 atom stereocenters. The third kappa shape index (κ3) is 6.81. The second-order valence-electron chi connectivity index (χ2n) is 9.01. The van der Waals surface area contributed by atoms with Gasteiger partial charge in [-0.1, -0.05) is 22.3 Å². The molecule has 1 fully saturated rings. The maximum Gasteiger partial charge on any atom is 0.251 e. The number of nitrogens with zero attached hydrogens (tertiary/aromatic N) is 1. The van der Waals surface area contributed by atoms with E-state index in [-0.39, 0.29) is 48.3 Å². The van der Waals surface area contributed by atoms with E-state index in [1.165, 1.54) is 11.0 Å². The Morgan fingerprint density at radius 3 is 2.23 bits per heavy atom. The number of nitrogens with one attached hydrogen (secondary N) is 2. The third-order valence-corrected chi connectivity index (χ3v) is 4.95. The Hall–Kier alpha value is -1.40. The van der Waals surface area contributed by atoms with Crippen molar-refractivity contribution < 1.29 is 14.0 Å². The number of halogens is 2. The van der Waals surface area contributed by atoms with Crippen molar-refractivity contribution in [3.8, 4) is 0 Å². The van der Waals surface area contributed by atoms with Gasteiger partial charge in [-0.05, 0) is 57.7 Å². The summed E-state index contributed by atoms with van der Waals surface area (Å²) in [6.45, 7) is 5.55. The topological polar surface area (TPSA) is 61.4 Å². The molecule has 0 spiro atoms. The van der Waals surface area contributed by atoms with Gasteiger partial charge in [0, 0.05) is 22.7 Å². The highest BCUT2D eigenvalue weighted by molar-refractivity contribution is 6.44. The van der Waals surface area contributed by atoms with Crippen molar-refractivity contribution in [2.24, 2.45) is 5.92 Å². The zero-order chi connectivity index (χ0) is 22.9. The first-order chi connectivity index (χ1) is 13.6. The van der Waals surface area contributed by atoms with Crippen LogP contribution < -0.4 is 10.6 Å².